The minimum Gasteiger partial charge on any atom is -0.392 e. The first-order valence-corrected chi connectivity index (χ1v) is 5.16. The third-order valence-corrected chi connectivity index (χ3v) is 4.39. The number of aliphatic hydroxyl groups is 1. The van der Waals surface area contributed by atoms with E-state index in [0.717, 1.165) is 12.8 Å². The van der Waals surface area contributed by atoms with Gasteiger partial charge >= 0.3 is 0 Å². The molecular formula is C10H17N3O. The number of azide groups is 1. The number of fused-ring (bicyclic) bond motifs is 1. The molecule has 0 radical (unpaired) electrons. The SMILES string of the molecule is CC1(C)[C@@H]2C[C@@H](O)[C@](C)(N=[N+]=[N-])C[C@@H]21. The molecule has 0 amide bonds. The van der Waals surface area contributed by atoms with Gasteiger partial charge in [-0.15, -0.1) is 0 Å². The summed E-state index contributed by atoms with van der Waals surface area (Å²) < 4.78 is 0. The van der Waals surface area contributed by atoms with E-state index in [0.29, 0.717) is 17.3 Å². The first kappa shape index (κ1) is 9.81. The van der Waals surface area contributed by atoms with Crippen LogP contribution in [0.3, 0.4) is 0 Å². The Morgan fingerprint density at radius 2 is 2.00 bits per heavy atom. The highest BCUT2D eigenvalue weighted by atomic mass is 16.3. The van der Waals surface area contributed by atoms with E-state index in [4.69, 9.17) is 5.53 Å². The zero-order chi connectivity index (χ0) is 10.6. The van der Waals surface area contributed by atoms with Crippen molar-refractivity contribution in [2.24, 2.45) is 22.4 Å². The summed E-state index contributed by atoms with van der Waals surface area (Å²) in [4.78, 5) is 2.85. The van der Waals surface area contributed by atoms with Crippen molar-refractivity contribution in [2.75, 3.05) is 0 Å². The van der Waals surface area contributed by atoms with Gasteiger partial charge in [0.25, 0.3) is 0 Å². The zero-order valence-corrected chi connectivity index (χ0v) is 8.94. The summed E-state index contributed by atoms with van der Waals surface area (Å²) >= 11 is 0. The van der Waals surface area contributed by atoms with E-state index >= 15 is 0 Å². The van der Waals surface area contributed by atoms with Crippen molar-refractivity contribution in [3.05, 3.63) is 10.4 Å². The Balaban J connectivity index is 2.21. The predicted octanol–water partition coefficient (Wildman–Crippen LogP) is 2.48. The molecule has 0 bridgehead atoms. The van der Waals surface area contributed by atoms with E-state index in [2.05, 4.69) is 23.9 Å². The number of nitrogens with zero attached hydrogens (tertiary/aromatic N) is 3. The largest absolute Gasteiger partial charge is 0.392 e. The van der Waals surface area contributed by atoms with Crippen molar-refractivity contribution < 1.29 is 5.11 Å². The fourth-order valence-electron chi connectivity index (χ4n) is 3.02. The summed E-state index contributed by atoms with van der Waals surface area (Å²) in [5, 5.41) is 13.7. The molecule has 0 heterocycles. The van der Waals surface area contributed by atoms with Crippen LogP contribution in [0.4, 0.5) is 0 Å². The van der Waals surface area contributed by atoms with Crippen molar-refractivity contribution in [3.63, 3.8) is 0 Å². The third-order valence-electron chi connectivity index (χ3n) is 4.39. The van der Waals surface area contributed by atoms with Crippen LogP contribution in [0.15, 0.2) is 5.11 Å². The topological polar surface area (TPSA) is 69.0 Å². The summed E-state index contributed by atoms with van der Waals surface area (Å²) in [7, 11) is 0. The molecule has 14 heavy (non-hydrogen) atoms. The van der Waals surface area contributed by atoms with Crippen molar-refractivity contribution in [3.8, 4) is 0 Å². The lowest BCUT2D eigenvalue weighted by Crippen LogP contribution is -2.40. The first-order chi connectivity index (χ1) is 6.42. The molecule has 2 saturated carbocycles. The molecule has 2 aliphatic rings. The molecule has 0 unspecified atom stereocenters. The second-order valence-corrected chi connectivity index (χ2v) is 5.54. The molecule has 0 aromatic carbocycles. The van der Waals surface area contributed by atoms with Crippen LogP contribution in [-0.2, 0) is 0 Å². The highest BCUT2D eigenvalue weighted by Gasteiger charge is 2.63. The van der Waals surface area contributed by atoms with E-state index in [1.165, 1.54) is 0 Å². The van der Waals surface area contributed by atoms with Crippen LogP contribution in [0.5, 0.6) is 0 Å². The molecule has 0 aromatic heterocycles. The summed E-state index contributed by atoms with van der Waals surface area (Å²) in [6.45, 7) is 6.33. The quantitative estimate of drug-likeness (QED) is 0.390. The summed E-state index contributed by atoms with van der Waals surface area (Å²) in [5.41, 5.74) is 8.24. The van der Waals surface area contributed by atoms with Crippen LogP contribution >= 0.6 is 0 Å². The molecule has 2 rings (SSSR count). The average Bonchev–Trinajstić information content (AvgIpc) is 2.56. The fraction of sp³-hybridized carbons (Fsp3) is 1.00. The van der Waals surface area contributed by atoms with Crippen molar-refractivity contribution in [1.29, 1.82) is 0 Å². The molecule has 0 spiro atoms. The van der Waals surface area contributed by atoms with Gasteiger partial charge in [-0.1, -0.05) is 25.9 Å². The smallest absolute Gasteiger partial charge is 0.0721 e. The van der Waals surface area contributed by atoms with Gasteiger partial charge in [-0.3, -0.25) is 0 Å². The molecule has 2 aliphatic carbocycles. The van der Waals surface area contributed by atoms with Gasteiger partial charge in [0.05, 0.1) is 11.6 Å². The van der Waals surface area contributed by atoms with Gasteiger partial charge in [0.1, 0.15) is 0 Å². The highest BCUT2D eigenvalue weighted by Crippen LogP contribution is 2.66. The molecule has 2 fully saturated rings. The second kappa shape index (κ2) is 2.65. The van der Waals surface area contributed by atoms with E-state index in [-0.39, 0.29) is 0 Å². The zero-order valence-electron chi connectivity index (χ0n) is 8.94. The van der Waals surface area contributed by atoms with Gasteiger partial charge in [-0.05, 0) is 35.6 Å². The lowest BCUT2D eigenvalue weighted by Gasteiger charge is -2.33. The molecule has 4 heteroatoms. The highest BCUT2D eigenvalue weighted by molar-refractivity contribution is 5.15. The Labute approximate surface area is 83.9 Å². The Hall–Kier alpha value is -0.730. The van der Waals surface area contributed by atoms with Crippen LogP contribution in [0, 0.1) is 17.3 Å². The van der Waals surface area contributed by atoms with E-state index in [1.807, 2.05) is 6.92 Å². The number of rotatable bonds is 1. The Morgan fingerprint density at radius 3 is 2.57 bits per heavy atom. The molecule has 78 valence electrons. The van der Waals surface area contributed by atoms with Crippen LogP contribution in [0.1, 0.15) is 33.6 Å². The van der Waals surface area contributed by atoms with Gasteiger partial charge in [0.15, 0.2) is 0 Å². The fourth-order valence-corrected chi connectivity index (χ4v) is 3.02. The number of aliphatic hydroxyl groups excluding tert-OH is 1. The summed E-state index contributed by atoms with van der Waals surface area (Å²) in [5.74, 6) is 1.25. The first-order valence-electron chi connectivity index (χ1n) is 5.16. The van der Waals surface area contributed by atoms with E-state index in [1.54, 1.807) is 0 Å². The van der Waals surface area contributed by atoms with Crippen molar-refractivity contribution >= 4 is 0 Å². The van der Waals surface area contributed by atoms with E-state index in [9.17, 15) is 5.11 Å². The lowest BCUT2D eigenvalue weighted by atomic mass is 9.81. The third kappa shape index (κ3) is 1.14. The predicted molar refractivity (Wildman–Crippen MR) is 53.6 cm³/mol. The van der Waals surface area contributed by atoms with Crippen LogP contribution in [0.25, 0.3) is 10.4 Å². The van der Waals surface area contributed by atoms with Gasteiger partial charge in [0.2, 0.25) is 0 Å². The van der Waals surface area contributed by atoms with Gasteiger partial charge in [0, 0.05) is 4.91 Å². The second-order valence-electron chi connectivity index (χ2n) is 5.54. The number of hydrogen-bond acceptors (Lipinski definition) is 2. The molecule has 4 atom stereocenters. The maximum absolute atomic E-state index is 9.92. The Morgan fingerprint density at radius 1 is 1.36 bits per heavy atom. The number of hydrogen-bond donors (Lipinski definition) is 1. The van der Waals surface area contributed by atoms with Crippen LogP contribution in [-0.4, -0.2) is 16.7 Å². The molecule has 0 saturated heterocycles. The van der Waals surface area contributed by atoms with Gasteiger partial charge in [-0.2, -0.15) is 0 Å². The van der Waals surface area contributed by atoms with Gasteiger partial charge < -0.3 is 5.11 Å². The van der Waals surface area contributed by atoms with E-state index < -0.39 is 11.6 Å². The average molecular weight is 195 g/mol. The van der Waals surface area contributed by atoms with Crippen molar-refractivity contribution in [1.82, 2.24) is 0 Å². The van der Waals surface area contributed by atoms with Crippen molar-refractivity contribution in [2.45, 2.75) is 45.3 Å². The monoisotopic (exact) mass is 195 g/mol. The molecule has 1 N–H and O–H groups in total. The molecule has 0 aromatic rings. The Bertz CT molecular complexity index is 308. The van der Waals surface area contributed by atoms with Gasteiger partial charge in [-0.25, -0.2) is 0 Å². The summed E-state index contributed by atoms with van der Waals surface area (Å²) in [6, 6.07) is 0. The lowest BCUT2D eigenvalue weighted by molar-refractivity contribution is 0.0529. The minimum atomic E-state index is -0.580. The molecular weight excluding hydrogens is 178 g/mol. The molecule has 4 nitrogen and oxygen atoms in total. The van der Waals surface area contributed by atoms with Crippen LogP contribution < -0.4 is 0 Å². The van der Waals surface area contributed by atoms with Crippen LogP contribution in [0.2, 0.25) is 0 Å². The normalized spacial score (nSPS) is 49.0. The maximum atomic E-state index is 9.92. The molecule has 0 aliphatic heterocycles. The standard InChI is InChI=1S/C10H17N3O/c1-9(2)6-4-8(14)10(3,12-13-11)5-7(6)9/h6-8,14H,4-5H2,1-3H3/t6-,7+,8-,10-/m1/s1. The minimum absolute atomic E-state index is 0.337. The Kier molecular flexibility index (Phi) is 1.85. The maximum Gasteiger partial charge on any atom is 0.0721 e. The summed E-state index contributed by atoms with van der Waals surface area (Å²) in [6.07, 6.45) is 1.14.